The first-order valence-corrected chi connectivity index (χ1v) is 8.22. The molecule has 2 aliphatic rings. The van der Waals surface area contributed by atoms with Gasteiger partial charge in [0.05, 0.1) is 0 Å². The lowest BCUT2D eigenvalue weighted by Gasteiger charge is -2.43. The van der Waals surface area contributed by atoms with Crippen molar-refractivity contribution in [1.29, 1.82) is 0 Å². The molecular weight excluding hydrogens is 204 g/mol. The number of hydrogen-bond acceptors (Lipinski definition) is 0. The Morgan fingerprint density at radius 2 is 1.53 bits per heavy atom. The Morgan fingerprint density at radius 3 is 2.24 bits per heavy atom. The molecule has 2 rings (SSSR count). The summed E-state index contributed by atoms with van der Waals surface area (Å²) in [5.41, 5.74) is 0. The molecule has 0 bridgehead atoms. The minimum absolute atomic E-state index is 1.01. The zero-order valence-electron chi connectivity index (χ0n) is 12.3. The molecule has 2 aliphatic carbocycles. The fourth-order valence-electron chi connectivity index (χ4n) is 4.70. The third-order valence-corrected chi connectivity index (χ3v) is 5.79. The van der Waals surface area contributed by atoms with Crippen LogP contribution in [0.2, 0.25) is 0 Å². The first kappa shape index (κ1) is 13.4. The molecular formula is C17H32. The maximum absolute atomic E-state index is 2.54. The van der Waals surface area contributed by atoms with Crippen molar-refractivity contribution in [2.24, 2.45) is 29.6 Å². The van der Waals surface area contributed by atoms with Crippen molar-refractivity contribution in [3.05, 3.63) is 0 Å². The average Bonchev–Trinajstić information content (AvgIpc) is 2.33. The maximum Gasteiger partial charge on any atom is -0.0355 e. The highest BCUT2D eigenvalue weighted by atomic mass is 14.4. The second-order valence-electron chi connectivity index (χ2n) is 7.03. The molecule has 0 amide bonds. The van der Waals surface area contributed by atoms with Crippen molar-refractivity contribution in [2.75, 3.05) is 0 Å². The molecule has 0 aliphatic heterocycles. The molecule has 5 atom stereocenters. The molecule has 0 heterocycles. The molecule has 5 unspecified atom stereocenters. The van der Waals surface area contributed by atoms with Gasteiger partial charge in [-0.2, -0.15) is 0 Å². The maximum atomic E-state index is 2.54. The van der Waals surface area contributed by atoms with Gasteiger partial charge in [-0.15, -0.1) is 0 Å². The standard InChI is InChI=1S/C17H32/c1-4-7-15-11-10-14(3)17(12-15)16-9-6-5-8-13(16)2/h13-17H,4-12H2,1-3H3. The summed E-state index contributed by atoms with van der Waals surface area (Å²) in [5, 5.41) is 0. The van der Waals surface area contributed by atoms with Crippen LogP contribution in [0.1, 0.15) is 78.6 Å². The third-order valence-electron chi connectivity index (χ3n) is 5.79. The number of hydrogen-bond donors (Lipinski definition) is 0. The quantitative estimate of drug-likeness (QED) is 0.592. The predicted molar refractivity (Wildman–Crippen MR) is 76.0 cm³/mol. The van der Waals surface area contributed by atoms with Gasteiger partial charge in [-0.3, -0.25) is 0 Å². The van der Waals surface area contributed by atoms with Gasteiger partial charge in [-0.25, -0.2) is 0 Å². The van der Waals surface area contributed by atoms with Crippen LogP contribution in [0.4, 0.5) is 0 Å². The van der Waals surface area contributed by atoms with Crippen molar-refractivity contribution < 1.29 is 0 Å². The van der Waals surface area contributed by atoms with E-state index in [2.05, 4.69) is 20.8 Å². The highest BCUT2D eigenvalue weighted by molar-refractivity contribution is 4.86. The summed E-state index contributed by atoms with van der Waals surface area (Å²) < 4.78 is 0. The highest BCUT2D eigenvalue weighted by Gasteiger charge is 2.36. The van der Waals surface area contributed by atoms with Crippen LogP contribution >= 0.6 is 0 Å². The largest absolute Gasteiger partial charge is 0.0654 e. The molecule has 0 saturated heterocycles. The average molecular weight is 236 g/mol. The Bertz CT molecular complexity index is 220. The molecule has 0 N–H and O–H groups in total. The molecule has 0 aromatic heterocycles. The molecule has 0 aromatic rings. The van der Waals surface area contributed by atoms with Crippen molar-refractivity contribution >= 4 is 0 Å². The van der Waals surface area contributed by atoms with E-state index in [0.717, 1.165) is 29.6 Å². The lowest BCUT2D eigenvalue weighted by atomic mass is 9.62. The van der Waals surface area contributed by atoms with E-state index in [-0.39, 0.29) is 0 Å². The van der Waals surface area contributed by atoms with Gasteiger partial charge in [0.15, 0.2) is 0 Å². The van der Waals surface area contributed by atoms with E-state index in [1.165, 1.54) is 51.4 Å². The van der Waals surface area contributed by atoms with Crippen LogP contribution in [0.3, 0.4) is 0 Å². The normalized spacial score (nSPS) is 43.6. The minimum Gasteiger partial charge on any atom is -0.0654 e. The van der Waals surface area contributed by atoms with Crippen LogP contribution in [0.25, 0.3) is 0 Å². The fourth-order valence-corrected chi connectivity index (χ4v) is 4.70. The van der Waals surface area contributed by atoms with Crippen molar-refractivity contribution in [1.82, 2.24) is 0 Å². The third kappa shape index (κ3) is 3.26. The Balaban J connectivity index is 1.96. The SMILES string of the molecule is CCCC1CCC(C)C(C2CCCCC2C)C1. The summed E-state index contributed by atoms with van der Waals surface area (Å²) in [6.45, 7) is 7.42. The molecule has 0 heteroatoms. The van der Waals surface area contributed by atoms with Crippen LogP contribution in [-0.4, -0.2) is 0 Å². The van der Waals surface area contributed by atoms with E-state index in [4.69, 9.17) is 0 Å². The molecule has 0 spiro atoms. The van der Waals surface area contributed by atoms with E-state index in [1.807, 2.05) is 0 Å². The van der Waals surface area contributed by atoms with E-state index in [0.29, 0.717) is 0 Å². The lowest BCUT2D eigenvalue weighted by Crippen LogP contribution is -2.34. The monoisotopic (exact) mass is 236 g/mol. The highest BCUT2D eigenvalue weighted by Crippen LogP contribution is 2.46. The van der Waals surface area contributed by atoms with Gasteiger partial charge in [0.1, 0.15) is 0 Å². The number of rotatable bonds is 3. The van der Waals surface area contributed by atoms with Crippen LogP contribution in [0.5, 0.6) is 0 Å². The Kier molecular flexibility index (Phi) is 4.94. The second-order valence-corrected chi connectivity index (χ2v) is 7.03. The van der Waals surface area contributed by atoms with Gasteiger partial charge in [0.2, 0.25) is 0 Å². The van der Waals surface area contributed by atoms with E-state index >= 15 is 0 Å². The topological polar surface area (TPSA) is 0 Å². The van der Waals surface area contributed by atoms with Crippen LogP contribution < -0.4 is 0 Å². The predicted octanol–water partition coefficient (Wildman–Crippen LogP) is 5.67. The van der Waals surface area contributed by atoms with Crippen molar-refractivity contribution in [3.8, 4) is 0 Å². The van der Waals surface area contributed by atoms with E-state index < -0.39 is 0 Å². The molecule has 0 aromatic carbocycles. The molecule has 2 fully saturated rings. The fraction of sp³-hybridized carbons (Fsp3) is 1.00. The lowest BCUT2D eigenvalue weighted by molar-refractivity contribution is 0.0702. The summed E-state index contributed by atoms with van der Waals surface area (Å²) in [5.74, 6) is 5.22. The van der Waals surface area contributed by atoms with Crippen molar-refractivity contribution in [2.45, 2.75) is 78.6 Å². The molecule has 0 radical (unpaired) electrons. The van der Waals surface area contributed by atoms with E-state index in [9.17, 15) is 0 Å². The Hall–Kier alpha value is 0. The smallest absolute Gasteiger partial charge is 0.0355 e. The van der Waals surface area contributed by atoms with Crippen LogP contribution in [0.15, 0.2) is 0 Å². The Morgan fingerprint density at radius 1 is 0.824 bits per heavy atom. The van der Waals surface area contributed by atoms with Gasteiger partial charge in [0, 0.05) is 0 Å². The summed E-state index contributed by atoms with van der Waals surface area (Å²) in [4.78, 5) is 0. The summed E-state index contributed by atoms with van der Waals surface area (Å²) in [6.07, 6.45) is 13.5. The van der Waals surface area contributed by atoms with E-state index in [1.54, 1.807) is 6.42 Å². The van der Waals surface area contributed by atoms with Crippen LogP contribution in [0, 0.1) is 29.6 Å². The van der Waals surface area contributed by atoms with Crippen molar-refractivity contribution in [3.63, 3.8) is 0 Å². The summed E-state index contributed by atoms with van der Waals surface area (Å²) >= 11 is 0. The molecule has 100 valence electrons. The van der Waals surface area contributed by atoms with Gasteiger partial charge < -0.3 is 0 Å². The van der Waals surface area contributed by atoms with Gasteiger partial charge in [-0.05, 0) is 42.4 Å². The van der Waals surface area contributed by atoms with Gasteiger partial charge >= 0.3 is 0 Å². The summed E-state index contributed by atoms with van der Waals surface area (Å²) in [6, 6.07) is 0. The first-order valence-electron chi connectivity index (χ1n) is 8.22. The van der Waals surface area contributed by atoms with Gasteiger partial charge in [0.25, 0.3) is 0 Å². The Labute approximate surface area is 109 Å². The zero-order chi connectivity index (χ0) is 12.3. The second kappa shape index (κ2) is 6.25. The minimum atomic E-state index is 1.01. The van der Waals surface area contributed by atoms with Gasteiger partial charge in [-0.1, -0.05) is 65.7 Å². The molecule has 2 saturated carbocycles. The zero-order valence-corrected chi connectivity index (χ0v) is 12.3. The molecule has 0 nitrogen and oxygen atoms in total. The summed E-state index contributed by atoms with van der Waals surface area (Å²) in [7, 11) is 0. The first-order chi connectivity index (χ1) is 8.22. The van der Waals surface area contributed by atoms with Crippen LogP contribution in [-0.2, 0) is 0 Å². The molecule has 17 heavy (non-hydrogen) atoms.